The third-order valence-corrected chi connectivity index (χ3v) is 6.72. The molecule has 0 radical (unpaired) electrons. The first-order valence-electron chi connectivity index (χ1n) is 7.37. The SMILES string of the molecule is CCN(CC(=O)Nc1cccc(OC)c1)S(=O)(=O)c1ccc(C)s1. The monoisotopic (exact) mass is 368 g/mol. The summed E-state index contributed by atoms with van der Waals surface area (Å²) in [5, 5.41) is 2.69. The number of methoxy groups -OCH3 is 1. The summed E-state index contributed by atoms with van der Waals surface area (Å²) in [7, 11) is -2.13. The number of sulfonamides is 1. The molecular weight excluding hydrogens is 348 g/mol. The first-order valence-corrected chi connectivity index (χ1v) is 9.63. The molecule has 0 saturated heterocycles. The molecule has 2 rings (SSSR count). The molecule has 0 aliphatic heterocycles. The van der Waals surface area contributed by atoms with Crippen LogP contribution in [0.3, 0.4) is 0 Å². The normalized spacial score (nSPS) is 11.5. The molecule has 0 aliphatic rings. The van der Waals surface area contributed by atoms with Gasteiger partial charge < -0.3 is 10.1 Å². The van der Waals surface area contributed by atoms with E-state index in [2.05, 4.69) is 5.32 Å². The number of carbonyl (C=O) groups is 1. The lowest BCUT2D eigenvalue weighted by Crippen LogP contribution is -2.37. The second-order valence-corrected chi connectivity index (χ2v) is 8.53. The molecule has 0 fully saturated rings. The van der Waals surface area contributed by atoms with Gasteiger partial charge in [0.1, 0.15) is 9.96 Å². The summed E-state index contributed by atoms with van der Waals surface area (Å²) in [5.41, 5.74) is 0.555. The van der Waals surface area contributed by atoms with Crippen LogP contribution in [0.15, 0.2) is 40.6 Å². The maximum atomic E-state index is 12.6. The first kappa shape index (κ1) is 18.4. The summed E-state index contributed by atoms with van der Waals surface area (Å²) in [6.07, 6.45) is 0. The van der Waals surface area contributed by atoms with Crippen LogP contribution in [0.1, 0.15) is 11.8 Å². The van der Waals surface area contributed by atoms with Crippen LogP contribution in [-0.4, -0.2) is 38.8 Å². The van der Waals surface area contributed by atoms with E-state index >= 15 is 0 Å². The smallest absolute Gasteiger partial charge is 0.253 e. The highest BCUT2D eigenvalue weighted by atomic mass is 32.2. The number of ether oxygens (including phenoxy) is 1. The third kappa shape index (κ3) is 4.34. The van der Waals surface area contributed by atoms with E-state index < -0.39 is 15.9 Å². The van der Waals surface area contributed by atoms with Crippen molar-refractivity contribution in [3.8, 4) is 5.75 Å². The number of rotatable bonds is 7. The number of thiophene rings is 1. The van der Waals surface area contributed by atoms with Gasteiger partial charge in [0.2, 0.25) is 5.91 Å². The molecule has 0 aliphatic carbocycles. The molecule has 0 unspecified atom stereocenters. The third-order valence-electron chi connectivity index (χ3n) is 3.34. The van der Waals surface area contributed by atoms with Crippen LogP contribution in [0.2, 0.25) is 0 Å². The van der Waals surface area contributed by atoms with Crippen molar-refractivity contribution in [1.29, 1.82) is 0 Å². The van der Waals surface area contributed by atoms with Crippen molar-refractivity contribution in [2.45, 2.75) is 18.1 Å². The predicted octanol–water partition coefficient (Wildman–Crippen LogP) is 2.71. The van der Waals surface area contributed by atoms with Crippen LogP contribution in [0.4, 0.5) is 5.69 Å². The number of carbonyl (C=O) groups excluding carboxylic acids is 1. The number of hydrogen-bond donors (Lipinski definition) is 1. The molecular formula is C16H20N2O4S2. The fourth-order valence-electron chi connectivity index (χ4n) is 2.11. The van der Waals surface area contributed by atoms with Gasteiger partial charge in [-0.25, -0.2) is 8.42 Å². The average Bonchev–Trinajstić information content (AvgIpc) is 3.00. The second-order valence-electron chi connectivity index (χ2n) is 5.08. The molecule has 1 aromatic heterocycles. The maximum Gasteiger partial charge on any atom is 0.253 e. The van der Waals surface area contributed by atoms with Gasteiger partial charge in [-0.05, 0) is 31.2 Å². The highest BCUT2D eigenvalue weighted by Gasteiger charge is 2.26. The molecule has 24 heavy (non-hydrogen) atoms. The van der Waals surface area contributed by atoms with Crippen LogP contribution >= 0.6 is 11.3 Å². The number of nitrogens with zero attached hydrogens (tertiary/aromatic N) is 1. The number of likely N-dealkylation sites (N-methyl/N-ethyl adjacent to an activating group) is 1. The molecule has 0 bridgehead atoms. The topological polar surface area (TPSA) is 75.7 Å². The zero-order valence-corrected chi connectivity index (χ0v) is 15.4. The lowest BCUT2D eigenvalue weighted by atomic mass is 10.3. The molecule has 0 atom stereocenters. The molecule has 1 amide bonds. The Kier molecular flexibility index (Phi) is 5.98. The number of anilines is 1. The standard InChI is InChI=1S/C16H20N2O4S2/c1-4-18(24(20,21)16-9-8-12(2)23-16)11-15(19)17-13-6-5-7-14(10-13)22-3/h5-10H,4,11H2,1-3H3,(H,17,19). The summed E-state index contributed by atoms with van der Waals surface area (Å²) in [5.74, 6) is 0.212. The minimum absolute atomic E-state index is 0.213. The largest absolute Gasteiger partial charge is 0.497 e. The van der Waals surface area contributed by atoms with Gasteiger partial charge in [-0.15, -0.1) is 11.3 Å². The van der Waals surface area contributed by atoms with E-state index in [0.29, 0.717) is 11.4 Å². The van der Waals surface area contributed by atoms with Gasteiger partial charge >= 0.3 is 0 Å². The Morgan fingerprint density at radius 2 is 2.04 bits per heavy atom. The van der Waals surface area contributed by atoms with Gasteiger partial charge in [0.25, 0.3) is 10.0 Å². The van der Waals surface area contributed by atoms with Crippen molar-refractivity contribution in [3.05, 3.63) is 41.3 Å². The zero-order valence-electron chi connectivity index (χ0n) is 13.8. The summed E-state index contributed by atoms with van der Waals surface area (Å²) in [6.45, 7) is 3.52. The van der Waals surface area contributed by atoms with Crippen LogP contribution < -0.4 is 10.1 Å². The number of amides is 1. The zero-order chi connectivity index (χ0) is 17.7. The van der Waals surface area contributed by atoms with Crippen molar-refractivity contribution in [2.75, 3.05) is 25.5 Å². The van der Waals surface area contributed by atoms with Crippen molar-refractivity contribution in [2.24, 2.45) is 0 Å². The Bertz CT molecular complexity index is 815. The van der Waals surface area contributed by atoms with E-state index in [1.54, 1.807) is 43.3 Å². The number of nitrogens with one attached hydrogen (secondary N) is 1. The fraction of sp³-hybridized carbons (Fsp3) is 0.312. The van der Waals surface area contributed by atoms with Crippen molar-refractivity contribution < 1.29 is 17.9 Å². The average molecular weight is 368 g/mol. The van der Waals surface area contributed by atoms with E-state index in [4.69, 9.17) is 4.74 Å². The number of aryl methyl sites for hydroxylation is 1. The molecule has 1 heterocycles. The summed E-state index contributed by atoms with van der Waals surface area (Å²) < 4.78 is 31.7. The molecule has 6 nitrogen and oxygen atoms in total. The Hall–Kier alpha value is -1.90. The van der Waals surface area contributed by atoms with Gasteiger partial charge in [-0.3, -0.25) is 4.79 Å². The van der Waals surface area contributed by atoms with E-state index in [1.807, 2.05) is 6.92 Å². The van der Waals surface area contributed by atoms with Crippen LogP contribution in [-0.2, 0) is 14.8 Å². The Labute approximate surface area is 146 Å². The Morgan fingerprint density at radius 3 is 2.62 bits per heavy atom. The summed E-state index contributed by atoms with van der Waals surface area (Å²) in [6, 6.07) is 10.2. The van der Waals surface area contributed by atoms with E-state index in [1.165, 1.54) is 18.4 Å². The lowest BCUT2D eigenvalue weighted by molar-refractivity contribution is -0.116. The Balaban J connectivity index is 2.10. The highest BCUT2D eigenvalue weighted by molar-refractivity contribution is 7.91. The second kappa shape index (κ2) is 7.78. The fourth-order valence-corrected chi connectivity index (χ4v) is 4.95. The van der Waals surface area contributed by atoms with E-state index in [-0.39, 0.29) is 17.3 Å². The van der Waals surface area contributed by atoms with Crippen LogP contribution in [0, 0.1) is 6.92 Å². The summed E-state index contributed by atoms with van der Waals surface area (Å²) in [4.78, 5) is 13.1. The number of hydrogen-bond acceptors (Lipinski definition) is 5. The van der Waals surface area contributed by atoms with E-state index in [0.717, 1.165) is 9.18 Å². The van der Waals surface area contributed by atoms with Crippen LogP contribution in [0.25, 0.3) is 0 Å². The molecule has 0 saturated carbocycles. The quantitative estimate of drug-likeness (QED) is 0.815. The molecule has 8 heteroatoms. The minimum atomic E-state index is -3.66. The van der Waals surface area contributed by atoms with Gasteiger partial charge in [0.15, 0.2) is 0 Å². The van der Waals surface area contributed by atoms with Gasteiger partial charge in [-0.2, -0.15) is 4.31 Å². The van der Waals surface area contributed by atoms with Crippen molar-refractivity contribution in [1.82, 2.24) is 4.31 Å². The van der Waals surface area contributed by atoms with Gasteiger partial charge in [0, 0.05) is 23.2 Å². The van der Waals surface area contributed by atoms with Crippen LogP contribution in [0.5, 0.6) is 5.75 Å². The predicted molar refractivity (Wildman–Crippen MR) is 95.1 cm³/mol. The molecule has 1 aromatic carbocycles. The van der Waals surface area contributed by atoms with E-state index in [9.17, 15) is 13.2 Å². The van der Waals surface area contributed by atoms with Gasteiger partial charge in [-0.1, -0.05) is 13.0 Å². The maximum absolute atomic E-state index is 12.6. The lowest BCUT2D eigenvalue weighted by Gasteiger charge is -2.19. The number of benzene rings is 1. The molecule has 1 N–H and O–H groups in total. The molecule has 130 valence electrons. The summed E-state index contributed by atoms with van der Waals surface area (Å²) >= 11 is 1.20. The Morgan fingerprint density at radius 1 is 1.29 bits per heavy atom. The first-order chi connectivity index (χ1) is 11.4. The molecule has 0 spiro atoms. The van der Waals surface area contributed by atoms with Crippen molar-refractivity contribution >= 4 is 33.0 Å². The minimum Gasteiger partial charge on any atom is -0.497 e. The van der Waals surface area contributed by atoms with Crippen molar-refractivity contribution in [3.63, 3.8) is 0 Å². The van der Waals surface area contributed by atoms with Gasteiger partial charge in [0.05, 0.1) is 13.7 Å². The highest BCUT2D eigenvalue weighted by Crippen LogP contribution is 2.24. The molecule has 2 aromatic rings.